The summed E-state index contributed by atoms with van der Waals surface area (Å²) in [4.78, 5) is 10.1. The molecule has 0 heterocycles. The highest BCUT2D eigenvalue weighted by Gasteiger charge is 2.29. The molecule has 0 bridgehead atoms. The van der Waals surface area contributed by atoms with Crippen LogP contribution in [-0.4, -0.2) is 11.1 Å². The van der Waals surface area contributed by atoms with Crippen LogP contribution >= 0.6 is 0 Å². The number of carbonyl (C=O) groups is 1. The lowest BCUT2D eigenvalue weighted by Gasteiger charge is -2.05. The van der Waals surface area contributed by atoms with Crippen LogP contribution in [0.5, 0.6) is 0 Å². The van der Waals surface area contributed by atoms with Gasteiger partial charge in [-0.1, -0.05) is 12.1 Å². The molecule has 0 atom stereocenters. The summed E-state index contributed by atoms with van der Waals surface area (Å²) in [5, 5.41) is 8.20. The van der Waals surface area contributed by atoms with Crippen LogP contribution in [0.3, 0.4) is 0 Å². The van der Waals surface area contributed by atoms with Gasteiger partial charge in [0.2, 0.25) is 5.83 Å². The quantitative estimate of drug-likeness (QED) is 0.630. The zero-order valence-electron chi connectivity index (χ0n) is 7.75. The summed E-state index contributed by atoms with van der Waals surface area (Å²) in [6, 6.07) is 3.48. The van der Waals surface area contributed by atoms with Gasteiger partial charge in [-0.3, -0.25) is 0 Å². The first-order valence-electron chi connectivity index (χ1n) is 4.08. The van der Waals surface area contributed by atoms with E-state index in [4.69, 9.17) is 5.11 Å². The molecule has 1 rings (SSSR count). The fourth-order valence-corrected chi connectivity index (χ4v) is 0.976. The SMILES string of the molecule is O=C(O)/C(F)=C\c1ccc(C(F)(F)F)cc1. The van der Waals surface area contributed by atoms with Crippen LogP contribution < -0.4 is 0 Å². The third-order valence-electron chi connectivity index (χ3n) is 1.74. The Hall–Kier alpha value is -1.85. The second-order valence-corrected chi connectivity index (χ2v) is 2.92. The molecule has 0 aliphatic heterocycles. The molecular weight excluding hydrogens is 228 g/mol. The van der Waals surface area contributed by atoms with E-state index in [-0.39, 0.29) is 5.56 Å². The van der Waals surface area contributed by atoms with Crippen LogP contribution in [0.25, 0.3) is 6.08 Å². The van der Waals surface area contributed by atoms with Crippen LogP contribution in [0.1, 0.15) is 11.1 Å². The van der Waals surface area contributed by atoms with E-state index in [1.807, 2.05) is 0 Å². The largest absolute Gasteiger partial charge is 0.476 e. The molecule has 6 heteroatoms. The third kappa shape index (κ3) is 3.08. The van der Waals surface area contributed by atoms with Gasteiger partial charge in [0, 0.05) is 0 Å². The Kier molecular flexibility index (Phi) is 3.31. The van der Waals surface area contributed by atoms with Crippen LogP contribution in [0.15, 0.2) is 30.1 Å². The zero-order chi connectivity index (χ0) is 12.3. The minimum atomic E-state index is -4.46. The summed E-state index contributed by atoms with van der Waals surface area (Å²) in [6.45, 7) is 0. The Morgan fingerprint density at radius 1 is 1.19 bits per heavy atom. The van der Waals surface area contributed by atoms with Gasteiger partial charge in [0.25, 0.3) is 0 Å². The maximum atomic E-state index is 12.6. The Morgan fingerprint density at radius 2 is 1.69 bits per heavy atom. The first-order chi connectivity index (χ1) is 7.30. The predicted molar refractivity (Wildman–Crippen MR) is 48.2 cm³/mol. The molecule has 0 radical (unpaired) electrons. The van der Waals surface area contributed by atoms with E-state index in [2.05, 4.69) is 0 Å². The molecule has 0 amide bonds. The van der Waals surface area contributed by atoms with Crippen LogP contribution in [-0.2, 0) is 11.0 Å². The summed E-state index contributed by atoms with van der Waals surface area (Å²) in [7, 11) is 0. The van der Waals surface area contributed by atoms with E-state index in [1.165, 1.54) is 0 Å². The van der Waals surface area contributed by atoms with Crippen molar-refractivity contribution in [3.63, 3.8) is 0 Å². The molecule has 0 unspecified atom stereocenters. The highest BCUT2D eigenvalue weighted by atomic mass is 19.4. The molecule has 86 valence electrons. The smallest absolute Gasteiger partial charge is 0.416 e. The van der Waals surface area contributed by atoms with Crippen molar-refractivity contribution < 1.29 is 27.5 Å². The Labute approximate surface area is 87.8 Å². The number of carboxylic acid groups (broad SMARTS) is 1. The van der Waals surface area contributed by atoms with E-state index >= 15 is 0 Å². The fraction of sp³-hybridized carbons (Fsp3) is 0.100. The van der Waals surface area contributed by atoms with Crippen LogP contribution in [0.2, 0.25) is 0 Å². The van der Waals surface area contributed by atoms with Crippen molar-refractivity contribution >= 4 is 12.0 Å². The van der Waals surface area contributed by atoms with Crippen molar-refractivity contribution in [1.29, 1.82) is 0 Å². The minimum Gasteiger partial charge on any atom is -0.476 e. The van der Waals surface area contributed by atoms with Crippen LogP contribution in [0.4, 0.5) is 17.6 Å². The Bertz CT molecular complexity index is 417. The van der Waals surface area contributed by atoms with Gasteiger partial charge in [0.05, 0.1) is 5.56 Å². The highest BCUT2D eigenvalue weighted by molar-refractivity contribution is 5.89. The van der Waals surface area contributed by atoms with Gasteiger partial charge in [-0.15, -0.1) is 0 Å². The van der Waals surface area contributed by atoms with E-state index in [9.17, 15) is 22.4 Å². The third-order valence-corrected chi connectivity index (χ3v) is 1.74. The lowest BCUT2D eigenvalue weighted by atomic mass is 10.1. The summed E-state index contributed by atoms with van der Waals surface area (Å²) >= 11 is 0. The van der Waals surface area contributed by atoms with Crippen molar-refractivity contribution in [2.75, 3.05) is 0 Å². The average molecular weight is 234 g/mol. The van der Waals surface area contributed by atoms with Crippen molar-refractivity contribution in [3.05, 3.63) is 41.2 Å². The highest BCUT2D eigenvalue weighted by Crippen LogP contribution is 2.29. The van der Waals surface area contributed by atoms with Crippen molar-refractivity contribution in [1.82, 2.24) is 0 Å². The molecule has 1 N–H and O–H groups in total. The monoisotopic (exact) mass is 234 g/mol. The number of benzene rings is 1. The lowest BCUT2D eigenvalue weighted by Crippen LogP contribution is -2.04. The Morgan fingerprint density at radius 3 is 2.06 bits per heavy atom. The van der Waals surface area contributed by atoms with Crippen LogP contribution in [0, 0.1) is 0 Å². The molecule has 0 aliphatic rings. The van der Waals surface area contributed by atoms with Gasteiger partial charge in [-0.05, 0) is 23.8 Å². The van der Waals surface area contributed by atoms with E-state index in [1.54, 1.807) is 0 Å². The number of carboxylic acids is 1. The molecule has 1 aromatic rings. The molecule has 0 saturated carbocycles. The molecule has 16 heavy (non-hydrogen) atoms. The topological polar surface area (TPSA) is 37.3 Å². The summed E-state index contributed by atoms with van der Waals surface area (Å²) in [6.07, 6.45) is -3.82. The van der Waals surface area contributed by atoms with Crippen molar-refractivity contribution in [2.45, 2.75) is 6.18 Å². The Balaban J connectivity index is 2.97. The molecular formula is C10H6F4O2. The molecule has 0 aliphatic carbocycles. The summed E-state index contributed by atoms with van der Waals surface area (Å²) in [5.74, 6) is -3.19. The molecule has 2 nitrogen and oxygen atoms in total. The van der Waals surface area contributed by atoms with E-state index in [0.717, 1.165) is 24.3 Å². The van der Waals surface area contributed by atoms with Gasteiger partial charge in [-0.2, -0.15) is 17.6 Å². The molecule has 1 aromatic carbocycles. The molecule has 0 fully saturated rings. The van der Waals surface area contributed by atoms with E-state index in [0.29, 0.717) is 6.08 Å². The van der Waals surface area contributed by atoms with Gasteiger partial charge >= 0.3 is 12.1 Å². The first kappa shape index (κ1) is 12.2. The minimum absolute atomic E-state index is 0.0490. The normalized spacial score (nSPS) is 12.6. The second-order valence-electron chi connectivity index (χ2n) is 2.92. The number of rotatable bonds is 2. The lowest BCUT2D eigenvalue weighted by molar-refractivity contribution is -0.137. The maximum Gasteiger partial charge on any atom is 0.416 e. The predicted octanol–water partition coefficient (Wildman–Crippen LogP) is 3.10. The van der Waals surface area contributed by atoms with Crippen molar-refractivity contribution in [2.24, 2.45) is 0 Å². The second kappa shape index (κ2) is 4.34. The number of aliphatic carboxylic acids is 1. The first-order valence-corrected chi connectivity index (χ1v) is 4.08. The van der Waals surface area contributed by atoms with Gasteiger partial charge in [0.1, 0.15) is 0 Å². The molecule has 0 spiro atoms. The van der Waals surface area contributed by atoms with Gasteiger partial charge < -0.3 is 5.11 Å². The molecule has 0 saturated heterocycles. The number of alkyl halides is 3. The van der Waals surface area contributed by atoms with Crippen molar-refractivity contribution in [3.8, 4) is 0 Å². The molecule has 0 aromatic heterocycles. The zero-order valence-corrected chi connectivity index (χ0v) is 7.75. The number of hydrogen-bond donors (Lipinski definition) is 1. The maximum absolute atomic E-state index is 12.6. The summed E-state index contributed by atoms with van der Waals surface area (Å²) < 4.78 is 49.0. The average Bonchev–Trinajstić information content (AvgIpc) is 2.17. The fourth-order valence-electron chi connectivity index (χ4n) is 0.976. The summed E-state index contributed by atoms with van der Waals surface area (Å²) in [5.41, 5.74) is -0.826. The number of halogens is 4. The van der Waals surface area contributed by atoms with Gasteiger partial charge in [0.15, 0.2) is 0 Å². The van der Waals surface area contributed by atoms with Gasteiger partial charge in [-0.25, -0.2) is 4.79 Å². The standard InChI is InChI=1S/C10H6F4O2/c11-8(9(15)16)5-6-1-3-7(4-2-6)10(12,13)14/h1-5H,(H,15,16)/b8-5+. The number of hydrogen-bond acceptors (Lipinski definition) is 1. The van der Waals surface area contributed by atoms with E-state index < -0.39 is 23.5 Å².